The van der Waals surface area contributed by atoms with Gasteiger partial charge in [0.2, 0.25) is 0 Å². The van der Waals surface area contributed by atoms with Crippen molar-refractivity contribution in [1.82, 2.24) is 0 Å². The molecule has 2 aliphatic carbocycles. The lowest BCUT2D eigenvalue weighted by molar-refractivity contribution is -0.156. The van der Waals surface area contributed by atoms with E-state index < -0.39 is 0 Å². The highest BCUT2D eigenvalue weighted by molar-refractivity contribution is 5.92. The molecule has 16 heavy (non-hydrogen) atoms. The minimum atomic E-state index is -0.116. The number of carbonyl (C=O) groups is 1. The third kappa shape index (κ3) is 1.20. The molecule has 0 aromatic heterocycles. The van der Waals surface area contributed by atoms with E-state index >= 15 is 0 Å². The Morgan fingerprint density at radius 2 is 1.94 bits per heavy atom. The van der Waals surface area contributed by atoms with E-state index in [2.05, 4.69) is 20.8 Å². The van der Waals surface area contributed by atoms with Gasteiger partial charge in [0.05, 0.1) is 17.1 Å². The van der Waals surface area contributed by atoms with Crippen LogP contribution in [0.2, 0.25) is 0 Å². The summed E-state index contributed by atoms with van der Waals surface area (Å²) in [4.78, 5) is 12.7. The Kier molecular flexibility index (Phi) is 1.95. The zero-order valence-corrected chi connectivity index (χ0v) is 10.6. The van der Waals surface area contributed by atoms with Crippen molar-refractivity contribution in [2.24, 2.45) is 10.8 Å². The number of carbonyl (C=O) groups excluding carboxylic acids is 1. The lowest BCUT2D eigenvalue weighted by Crippen LogP contribution is -2.54. The van der Waals surface area contributed by atoms with Crippen LogP contribution >= 0.6 is 0 Å². The zero-order valence-electron chi connectivity index (χ0n) is 10.6. The van der Waals surface area contributed by atoms with Gasteiger partial charge in [0.15, 0.2) is 0 Å². The molecule has 1 spiro atoms. The quantitative estimate of drug-likeness (QED) is 0.629. The Morgan fingerprint density at radius 1 is 1.19 bits per heavy atom. The van der Waals surface area contributed by atoms with Crippen molar-refractivity contribution < 1.29 is 9.53 Å². The van der Waals surface area contributed by atoms with E-state index in [1.807, 2.05) is 0 Å². The third-order valence-electron chi connectivity index (χ3n) is 5.13. The molecule has 0 unspecified atom stereocenters. The SMILES string of the molecule is CC1(C)C[C@]23CCC[C@](C)(CC[C@H]2O1)C3=O. The van der Waals surface area contributed by atoms with E-state index in [0.29, 0.717) is 5.78 Å². The van der Waals surface area contributed by atoms with E-state index in [9.17, 15) is 4.79 Å². The Bertz CT molecular complexity index is 347. The normalized spacial score (nSPS) is 50.2. The van der Waals surface area contributed by atoms with Crippen molar-refractivity contribution in [3.63, 3.8) is 0 Å². The molecule has 90 valence electrons. The van der Waals surface area contributed by atoms with Gasteiger partial charge in [0.25, 0.3) is 0 Å². The minimum absolute atomic E-state index is 0.0292. The number of fused-ring (bicyclic) bond motifs is 1. The molecule has 1 heterocycles. The molecule has 0 amide bonds. The summed E-state index contributed by atoms with van der Waals surface area (Å²) in [6, 6.07) is 0. The smallest absolute Gasteiger partial charge is 0.147 e. The second-order valence-corrected chi connectivity index (χ2v) is 6.98. The first-order valence-electron chi connectivity index (χ1n) is 6.61. The summed E-state index contributed by atoms with van der Waals surface area (Å²) in [5.41, 5.74) is -0.240. The highest BCUT2D eigenvalue weighted by atomic mass is 16.5. The van der Waals surface area contributed by atoms with Crippen molar-refractivity contribution in [3.8, 4) is 0 Å². The van der Waals surface area contributed by atoms with Gasteiger partial charge in [0, 0.05) is 5.41 Å². The molecule has 3 aliphatic rings. The topological polar surface area (TPSA) is 26.3 Å². The Morgan fingerprint density at radius 3 is 2.69 bits per heavy atom. The Hall–Kier alpha value is -0.370. The predicted octanol–water partition coefficient (Wildman–Crippen LogP) is 3.09. The molecular weight excluding hydrogens is 200 g/mol. The van der Waals surface area contributed by atoms with E-state index in [1.165, 1.54) is 6.42 Å². The monoisotopic (exact) mass is 222 g/mol. The van der Waals surface area contributed by atoms with Gasteiger partial charge in [-0.25, -0.2) is 0 Å². The van der Waals surface area contributed by atoms with Gasteiger partial charge in [-0.05, 0) is 46.0 Å². The molecular formula is C14H22O2. The molecule has 2 nitrogen and oxygen atoms in total. The molecule has 2 saturated carbocycles. The predicted molar refractivity (Wildman–Crippen MR) is 62.2 cm³/mol. The van der Waals surface area contributed by atoms with Crippen LogP contribution in [0.3, 0.4) is 0 Å². The molecule has 3 rings (SSSR count). The molecule has 0 aromatic carbocycles. The average Bonchev–Trinajstić information content (AvgIpc) is 2.42. The Balaban J connectivity index is 2.03. The van der Waals surface area contributed by atoms with Crippen molar-refractivity contribution in [3.05, 3.63) is 0 Å². The van der Waals surface area contributed by atoms with E-state index in [4.69, 9.17) is 4.74 Å². The van der Waals surface area contributed by atoms with Gasteiger partial charge in [-0.1, -0.05) is 13.3 Å². The molecule has 0 radical (unpaired) electrons. The lowest BCUT2D eigenvalue weighted by atomic mass is 9.52. The number of Topliss-reactive ketones (excluding diaryl/α,β-unsaturated/α-hetero) is 1. The summed E-state index contributed by atoms with van der Waals surface area (Å²) < 4.78 is 6.12. The highest BCUT2D eigenvalue weighted by Crippen LogP contribution is 2.60. The van der Waals surface area contributed by atoms with Crippen LogP contribution < -0.4 is 0 Å². The molecule has 0 N–H and O–H groups in total. The van der Waals surface area contributed by atoms with Crippen LogP contribution in [0.5, 0.6) is 0 Å². The maximum Gasteiger partial charge on any atom is 0.147 e. The van der Waals surface area contributed by atoms with Crippen molar-refractivity contribution in [2.45, 2.75) is 71.0 Å². The number of hydrogen-bond acceptors (Lipinski definition) is 2. The molecule has 3 atom stereocenters. The lowest BCUT2D eigenvalue weighted by Gasteiger charge is -2.49. The van der Waals surface area contributed by atoms with Crippen LogP contribution in [0.25, 0.3) is 0 Å². The average molecular weight is 222 g/mol. The van der Waals surface area contributed by atoms with Gasteiger partial charge >= 0.3 is 0 Å². The number of hydrogen-bond donors (Lipinski definition) is 0. The number of ether oxygens (including phenoxy) is 1. The standard InChI is InChI=1S/C14H22O2/c1-12(2)9-14-7-4-6-13(3,11(14)15)8-5-10(14)16-12/h10H,4-9H2,1-3H3/t10-,13-,14-/m1/s1. The summed E-state index contributed by atoms with van der Waals surface area (Å²) in [5.74, 6) is 0.521. The van der Waals surface area contributed by atoms with E-state index in [1.54, 1.807) is 0 Å². The van der Waals surface area contributed by atoms with E-state index in [-0.39, 0.29) is 22.5 Å². The van der Waals surface area contributed by atoms with Crippen molar-refractivity contribution >= 4 is 5.78 Å². The second-order valence-electron chi connectivity index (χ2n) is 6.98. The van der Waals surface area contributed by atoms with Gasteiger partial charge in [-0.3, -0.25) is 4.79 Å². The molecule has 1 saturated heterocycles. The number of ketones is 1. The van der Waals surface area contributed by atoms with Crippen LogP contribution in [-0.4, -0.2) is 17.5 Å². The summed E-state index contributed by atoms with van der Waals surface area (Å²) >= 11 is 0. The maximum absolute atomic E-state index is 12.7. The zero-order chi connectivity index (χ0) is 11.6. The van der Waals surface area contributed by atoms with E-state index in [0.717, 1.165) is 32.1 Å². The molecule has 0 aromatic rings. The van der Waals surface area contributed by atoms with Crippen LogP contribution in [0.4, 0.5) is 0 Å². The highest BCUT2D eigenvalue weighted by Gasteiger charge is 2.63. The van der Waals surface area contributed by atoms with Gasteiger partial charge < -0.3 is 4.74 Å². The third-order valence-corrected chi connectivity index (χ3v) is 5.13. The fraction of sp³-hybridized carbons (Fsp3) is 0.929. The summed E-state index contributed by atoms with van der Waals surface area (Å²) in [7, 11) is 0. The van der Waals surface area contributed by atoms with Crippen LogP contribution in [-0.2, 0) is 9.53 Å². The minimum Gasteiger partial charge on any atom is -0.371 e. The van der Waals surface area contributed by atoms with Crippen LogP contribution in [0.15, 0.2) is 0 Å². The summed E-state index contributed by atoms with van der Waals surface area (Å²) in [5, 5.41) is 0. The first-order valence-corrected chi connectivity index (χ1v) is 6.61. The van der Waals surface area contributed by atoms with Crippen molar-refractivity contribution in [1.29, 1.82) is 0 Å². The molecule has 3 fully saturated rings. The van der Waals surface area contributed by atoms with Crippen molar-refractivity contribution in [2.75, 3.05) is 0 Å². The molecule has 1 aliphatic heterocycles. The van der Waals surface area contributed by atoms with Crippen LogP contribution in [0, 0.1) is 10.8 Å². The summed E-state index contributed by atoms with van der Waals surface area (Å²) in [6.07, 6.45) is 6.65. The maximum atomic E-state index is 12.7. The van der Waals surface area contributed by atoms with Crippen LogP contribution in [0.1, 0.15) is 59.3 Å². The van der Waals surface area contributed by atoms with Gasteiger partial charge in [-0.15, -0.1) is 0 Å². The molecule has 2 bridgehead atoms. The van der Waals surface area contributed by atoms with Gasteiger partial charge in [-0.2, -0.15) is 0 Å². The Labute approximate surface area is 97.7 Å². The molecule has 2 heteroatoms. The first kappa shape index (κ1) is 10.8. The van der Waals surface area contributed by atoms with Gasteiger partial charge in [0.1, 0.15) is 5.78 Å². The fourth-order valence-corrected chi connectivity index (χ4v) is 4.53. The first-order chi connectivity index (χ1) is 7.38. The largest absolute Gasteiger partial charge is 0.371 e. The fourth-order valence-electron chi connectivity index (χ4n) is 4.53. The second kappa shape index (κ2) is 2.90. The number of rotatable bonds is 0. The summed E-state index contributed by atoms with van der Waals surface area (Å²) in [6.45, 7) is 6.45.